The van der Waals surface area contributed by atoms with Gasteiger partial charge in [0.15, 0.2) is 0 Å². The molecule has 24 heavy (non-hydrogen) atoms. The van der Waals surface area contributed by atoms with Gasteiger partial charge >= 0.3 is 6.03 Å². The van der Waals surface area contributed by atoms with Crippen molar-refractivity contribution in [1.29, 1.82) is 0 Å². The Labute approximate surface area is 144 Å². The van der Waals surface area contributed by atoms with Crippen molar-refractivity contribution >= 4 is 21.9 Å². The molecule has 2 amide bonds. The van der Waals surface area contributed by atoms with Crippen LogP contribution >= 0.6 is 0 Å². The molecule has 0 atom stereocenters. The van der Waals surface area contributed by atoms with Crippen LogP contribution in [0.3, 0.4) is 0 Å². The van der Waals surface area contributed by atoms with E-state index in [0.717, 1.165) is 5.69 Å². The summed E-state index contributed by atoms with van der Waals surface area (Å²) in [7, 11) is -0.394. The van der Waals surface area contributed by atoms with Gasteiger partial charge in [0.05, 0.1) is 0 Å². The van der Waals surface area contributed by atoms with Gasteiger partial charge in [-0.25, -0.2) is 4.79 Å². The fraction of sp³-hybridized carbons (Fsp3) is 0.562. The number of hydrogen-bond donors (Lipinski definition) is 1. The van der Waals surface area contributed by atoms with Gasteiger partial charge in [-0.2, -0.15) is 17.0 Å². The SMILES string of the molecule is CC(C)c1ccc(NC(=O)N2CCN(S(=O)(=O)N(C)C)CC2)cc1. The number of amides is 2. The molecule has 0 aromatic heterocycles. The van der Waals surface area contributed by atoms with Gasteiger partial charge in [0.25, 0.3) is 10.2 Å². The van der Waals surface area contributed by atoms with Crippen LogP contribution in [0.25, 0.3) is 0 Å². The van der Waals surface area contributed by atoms with Gasteiger partial charge in [-0.15, -0.1) is 0 Å². The van der Waals surface area contributed by atoms with E-state index in [1.165, 1.54) is 28.3 Å². The van der Waals surface area contributed by atoms with Crippen molar-refractivity contribution in [3.05, 3.63) is 29.8 Å². The van der Waals surface area contributed by atoms with Crippen molar-refractivity contribution < 1.29 is 13.2 Å². The fourth-order valence-corrected chi connectivity index (χ4v) is 3.59. The van der Waals surface area contributed by atoms with Crippen LogP contribution in [0.5, 0.6) is 0 Å². The highest BCUT2D eigenvalue weighted by molar-refractivity contribution is 7.86. The zero-order valence-electron chi connectivity index (χ0n) is 14.7. The van der Waals surface area contributed by atoms with E-state index < -0.39 is 10.2 Å². The van der Waals surface area contributed by atoms with E-state index in [9.17, 15) is 13.2 Å². The van der Waals surface area contributed by atoms with E-state index in [-0.39, 0.29) is 6.03 Å². The molecule has 1 fully saturated rings. The number of anilines is 1. The third-order valence-electron chi connectivity index (χ3n) is 4.14. The van der Waals surface area contributed by atoms with Gasteiger partial charge in [-0.05, 0) is 23.6 Å². The molecule has 0 spiro atoms. The second kappa shape index (κ2) is 7.50. The third kappa shape index (κ3) is 4.25. The summed E-state index contributed by atoms with van der Waals surface area (Å²) in [6.07, 6.45) is 0. The monoisotopic (exact) mass is 354 g/mol. The van der Waals surface area contributed by atoms with Crippen LogP contribution in [0, 0.1) is 0 Å². The molecule has 1 heterocycles. The molecule has 8 heteroatoms. The molecule has 7 nitrogen and oxygen atoms in total. The number of carbonyl (C=O) groups excluding carboxylic acids is 1. The zero-order valence-corrected chi connectivity index (χ0v) is 15.5. The number of carbonyl (C=O) groups is 1. The molecule has 0 aliphatic carbocycles. The number of benzene rings is 1. The fourth-order valence-electron chi connectivity index (χ4n) is 2.51. The van der Waals surface area contributed by atoms with Gasteiger partial charge in [0, 0.05) is 46.0 Å². The van der Waals surface area contributed by atoms with Crippen LogP contribution in [-0.2, 0) is 10.2 Å². The van der Waals surface area contributed by atoms with Crippen molar-refractivity contribution in [3.63, 3.8) is 0 Å². The quantitative estimate of drug-likeness (QED) is 0.895. The summed E-state index contributed by atoms with van der Waals surface area (Å²) in [4.78, 5) is 13.9. The van der Waals surface area contributed by atoms with Crippen molar-refractivity contribution in [1.82, 2.24) is 13.5 Å². The Hall–Kier alpha value is -1.64. The topological polar surface area (TPSA) is 73.0 Å². The van der Waals surface area contributed by atoms with E-state index >= 15 is 0 Å². The second-order valence-corrected chi connectivity index (χ2v) is 8.53. The lowest BCUT2D eigenvalue weighted by Crippen LogP contribution is -2.53. The van der Waals surface area contributed by atoms with Gasteiger partial charge in [0.2, 0.25) is 0 Å². The summed E-state index contributed by atoms with van der Waals surface area (Å²) in [6, 6.07) is 7.58. The first kappa shape index (κ1) is 18.7. The van der Waals surface area contributed by atoms with Gasteiger partial charge in [0.1, 0.15) is 0 Å². The summed E-state index contributed by atoms with van der Waals surface area (Å²) in [6.45, 7) is 5.61. The molecule has 1 aliphatic heterocycles. The second-order valence-electron chi connectivity index (χ2n) is 6.38. The Kier molecular flexibility index (Phi) is 5.84. The van der Waals surface area contributed by atoms with Crippen LogP contribution in [0.1, 0.15) is 25.3 Å². The molecule has 0 radical (unpaired) electrons. The third-order valence-corrected chi connectivity index (χ3v) is 6.08. The molecule has 2 rings (SSSR count). The molecule has 0 unspecified atom stereocenters. The maximum Gasteiger partial charge on any atom is 0.321 e. The first-order chi connectivity index (χ1) is 11.2. The molecule has 0 saturated carbocycles. The van der Waals surface area contributed by atoms with Crippen LogP contribution < -0.4 is 5.32 Å². The number of nitrogens with zero attached hydrogens (tertiary/aromatic N) is 3. The molecule has 1 aromatic rings. The Morgan fingerprint density at radius 2 is 1.62 bits per heavy atom. The minimum Gasteiger partial charge on any atom is -0.322 e. The smallest absolute Gasteiger partial charge is 0.321 e. The summed E-state index contributed by atoms with van der Waals surface area (Å²) < 4.78 is 26.7. The lowest BCUT2D eigenvalue weighted by atomic mass is 10.0. The predicted octanol–water partition coefficient (Wildman–Crippen LogP) is 1.77. The molecule has 1 aromatic carbocycles. The molecule has 0 bridgehead atoms. The minimum absolute atomic E-state index is 0.200. The number of piperazine rings is 1. The summed E-state index contributed by atoms with van der Waals surface area (Å²) in [5.74, 6) is 0.446. The van der Waals surface area contributed by atoms with Crippen LogP contribution in [0.2, 0.25) is 0 Å². The van der Waals surface area contributed by atoms with Gasteiger partial charge in [-0.1, -0.05) is 26.0 Å². The van der Waals surface area contributed by atoms with Crippen molar-refractivity contribution in [2.45, 2.75) is 19.8 Å². The van der Waals surface area contributed by atoms with Crippen LogP contribution in [0.15, 0.2) is 24.3 Å². The van der Waals surface area contributed by atoms with Crippen molar-refractivity contribution in [2.24, 2.45) is 0 Å². The Bertz CT molecular complexity index is 663. The van der Waals surface area contributed by atoms with Crippen LogP contribution in [-0.4, -0.2) is 68.2 Å². The average molecular weight is 354 g/mol. The Morgan fingerprint density at radius 3 is 2.08 bits per heavy atom. The first-order valence-corrected chi connectivity index (χ1v) is 9.45. The molecular weight excluding hydrogens is 328 g/mol. The van der Waals surface area contributed by atoms with E-state index in [0.29, 0.717) is 32.1 Å². The van der Waals surface area contributed by atoms with E-state index in [2.05, 4.69) is 19.2 Å². The molecule has 134 valence electrons. The number of urea groups is 1. The summed E-state index contributed by atoms with van der Waals surface area (Å²) >= 11 is 0. The lowest BCUT2D eigenvalue weighted by molar-refractivity contribution is 0.182. The van der Waals surface area contributed by atoms with E-state index in [1.807, 2.05) is 24.3 Å². The minimum atomic E-state index is -3.41. The highest BCUT2D eigenvalue weighted by Gasteiger charge is 2.30. The highest BCUT2D eigenvalue weighted by atomic mass is 32.2. The van der Waals surface area contributed by atoms with E-state index in [1.54, 1.807) is 4.90 Å². The van der Waals surface area contributed by atoms with Crippen molar-refractivity contribution in [2.75, 3.05) is 45.6 Å². The standard InChI is InChI=1S/C16H26N4O3S/c1-13(2)14-5-7-15(8-6-14)17-16(21)19-9-11-20(12-10-19)24(22,23)18(3)4/h5-8,13H,9-12H2,1-4H3,(H,17,21). The van der Waals surface area contributed by atoms with Crippen molar-refractivity contribution in [3.8, 4) is 0 Å². The maximum absolute atomic E-state index is 12.3. The van der Waals surface area contributed by atoms with Crippen LogP contribution in [0.4, 0.5) is 10.5 Å². The van der Waals surface area contributed by atoms with E-state index in [4.69, 9.17) is 0 Å². The highest BCUT2D eigenvalue weighted by Crippen LogP contribution is 2.18. The Morgan fingerprint density at radius 1 is 1.08 bits per heavy atom. The largest absolute Gasteiger partial charge is 0.322 e. The van der Waals surface area contributed by atoms with Gasteiger partial charge < -0.3 is 10.2 Å². The normalized spacial score (nSPS) is 16.7. The maximum atomic E-state index is 12.3. The molecule has 1 saturated heterocycles. The summed E-state index contributed by atoms with van der Waals surface area (Å²) in [5, 5.41) is 2.86. The summed E-state index contributed by atoms with van der Waals surface area (Å²) in [5.41, 5.74) is 1.96. The number of nitrogens with one attached hydrogen (secondary N) is 1. The molecule has 1 N–H and O–H groups in total. The van der Waals surface area contributed by atoms with Gasteiger partial charge in [-0.3, -0.25) is 0 Å². The number of hydrogen-bond acceptors (Lipinski definition) is 3. The predicted molar refractivity (Wildman–Crippen MR) is 95.3 cm³/mol. The molecule has 1 aliphatic rings. The Balaban J connectivity index is 1.91. The lowest BCUT2D eigenvalue weighted by Gasteiger charge is -2.35. The average Bonchev–Trinajstić information content (AvgIpc) is 2.55. The first-order valence-electron chi connectivity index (χ1n) is 8.05. The number of rotatable bonds is 4. The zero-order chi connectivity index (χ0) is 17.9. The molecular formula is C16H26N4O3S.